The summed E-state index contributed by atoms with van der Waals surface area (Å²) in [5.74, 6) is -0.768. The Bertz CT molecular complexity index is 889. The molecule has 0 radical (unpaired) electrons. The lowest BCUT2D eigenvalue weighted by atomic mass is 10.2. The highest BCUT2D eigenvalue weighted by Crippen LogP contribution is 2.34. The van der Waals surface area contributed by atoms with E-state index in [0.717, 1.165) is 4.40 Å². The van der Waals surface area contributed by atoms with Gasteiger partial charge in [0.25, 0.3) is 5.91 Å². The zero-order chi connectivity index (χ0) is 17.3. The molecule has 124 valence electrons. The van der Waals surface area contributed by atoms with Crippen LogP contribution in [0.15, 0.2) is 48.7 Å². The molecule has 0 aliphatic heterocycles. The van der Waals surface area contributed by atoms with E-state index < -0.39 is 23.5 Å². The monoisotopic (exact) mass is 335 g/mol. The number of rotatable bonds is 3. The Morgan fingerprint density at radius 3 is 2.50 bits per heavy atom. The molecule has 0 fully saturated rings. The maximum absolute atomic E-state index is 13.3. The van der Waals surface area contributed by atoms with E-state index in [1.807, 2.05) is 0 Å². The summed E-state index contributed by atoms with van der Waals surface area (Å²) in [4.78, 5) is 16.0. The summed E-state index contributed by atoms with van der Waals surface area (Å²) >= 11 is 0. The van der Waals surface area contributed by atoms with Crippen LogP contribution in [0.2, 0.25) is 0 Å². The van der Waals surface area contributed by atoms with Crippen molar-refractivity contribution in [3.05, 3.63) is 60.0 Å². The Hall–Kier alpha value is -3.03. The first-order valence-electron chi connectivity index (χ1n) is 6.90. The number of para-hydroxylation sites is 1. The maximum atomic E-state index is 13.3. The number of nitrogens with one attached hydrogen (secondary N) is 1. The second-order valence-corrected chi connectivity index (χ2v) is 4.90. The first-order valence-corrected chi connectivity index (χ1v) is 6.90. The van der Waals surface area contributed by atoms with Crippen LogP contribution in [-0.4, -0.2) is 22.4 Å². The lowest BCUT2D eigenvalue weighted by Gasteiger charge is -2.09. The Kier molecular flexibility index (Phi) is 3.88. The van der Waals surface area contributed by atoms with Crippen molar-refractivity contribution in [1.29, 1.82) is 0 Å². The van der Waals surface area contributed by atoms with Crippen molar-refractivity contribution < 1.29 is 22.7 Å². The third kappa shape index (κ3) is 2.78. The normalized spacial score (nSPS) is 11.5. The lowest BCUT2D eigenvalue weighted by Crippen LogP contribution is -2.20. The van der Waals surface area contributed by atoms with E-state index in [1.165, 1.54) is 25.4 Å². The largest absolute Gasteiger partial charge is 0.493 e. The van der Waals surface area contributed by atoms with Crippen molar-refractivity contribution >= 4 is 17.2 Å². The molecule has 0 bridgehead atoms. The molecule has 5 nitrogen and oxygen atoms in total. The number of aromatic nitrogens is 2. The van der Waals surface area contributed by atoms with E-state index in [2.05, 4.69) is 10.3 Å². The van der Waals surface area contributed by atoms with Crippen molar-refractivity contribution in [2.75, 3.05) is 12.4 Å². The number of imidazole rings is 1. The van der Waals surface area contributed by atoms with Gasteiger partial charge >= 0.3 is 6.18 Å². The molecule has 0 atom stereocenters. The SMILES string of the molecule is COc1cccn2c(C(=O)Nc3ccccc3)c(C(F)(F)F)nc12. The van der Waals surface area contributed by atoms with Crippen LogP contribution in [0.25, 0.3) is 5.65 Å². The highest BCUT2D eigenvalue weighted by Gasteiger charge is 2.40. The molecule has 0 aliphatic rings. The molecule has 3 rings (SSSR count). The van der Waals surface area contributed by atoms with Gasteiger partial charge in [-0.15, -0.1) is 0 Å². The van der Waals surface area contributed by atoms with E-state index >= 15 is 0 Å². The molecule has 8 heteroatoms. The summed E-state index contributed by atoms with van der Waals surface area (Å²) in [5, 5.41) is 2.45. The minimum atomic E-state index is -4.78. The number of fused-ring (bicyclic) bond motifs is 1. The van der Waals surface area contributed by atoms with Gasteiger partial charge in [0.2, 0.25) is 0 Å². The number of benzene rings is 1. The molecule has 1 N–H and O–H groups in total. The zero-order valence-corrected chi connectivity index (χ0v) is 12.5. The van der Waals surface area contributed by atoms with Gasteiger partial charge in [-0.25, -0.2) is 4.98 Å². The Balaban J connectivity index is 2.16. The van der Waals surface area contributed by atoms with Crippen LogP contribution in [0.5, 0.6) is 5.75 Å². The predicted octanol–water partition coefficient (Wildman–Crippen LogP) is 3.61. The molecule has 0 unspecified atom stereocenters. The number of halogens is 3. The molecule has 0 saturated carbocycles. The molecule has 1 amide bonds. The van der Waals surface area contributed by atoms with Gasteiger partial charge in [-0.2, -0.15) is 13.2 Å². The smallest absolute Gasteiger partial charge is 0.435 e. The summed E-state index contributed by atoms with van der Waals surface area (Å²) in [6.07, 6.45) is -3.44. The van der Waals surface area contributed by atoms with Gasteiger partial charge in [0.15, 0.2) is 17.1 Å². The van der Waals surface area contributed by atoms with Gasteiger partial charge in [-0.05, 0) is 24.3 Å². The van der Waals surface area contributed by atoms with E-state index in [9.17, 15) is 18.0 Å². The number of hydrogen-bond donors (Lipinski definition) is 1. The van der Waals surface area contributed by atoms with Crippen molar-refractivity contribution in [1.82, 2.24) is 9.38 Å². The van der Waals surface area contributed by atoms with Gasteiger partial charge in [-0.1, -0.05) is 18.2 Å². The Morgan fingerprint density at radius 2 is 1.88 bits per heavy atom. The molecule has 0 aliphatic carbocycles. The Morgan fingerprint density at radius 1 is 1.17 bits per heavy atom. The first kappa shape index (κ1) is 15.9. The van der Waals surface area contributed by atoms with Crippen LogP contribution in [-0.2, 0) is 6.18 Å². The molecular weight excluding hydrogens is 323 g/mol. The van der Waals surface area contributed by atoms with E-state index in [4.69, 9.17) is 4.74 Å². The first-order chi connectivity index (χ1) is 11.4. The van der Waals surface area contributed by atoms with Gasteiger partial charge in [-0.3, -0.25) is 9.20 Å². The maximum Gasteiger partial charge on any atom is 0.435 e. The number of methoxy groups -OCH3 is 1. The fraction of sp³-hybridized carbons (Fsp3) is 0.125. The number of amides is 1. The van der Waals surface area contributed by atoms with Gasteiger partial charge in [0, 0.05) is 11.9 Å². The van der Waals surface area contributed by atoms with Crippen molar-refractivity contribution in [2.45, 2.75) is 6.18 Å². The number of pyridine rings is 1. The zero-order valence-electron chi connectivity index (χ0n) is 12.5. The van der Waals surface area contributed by atoms with Crippen molar-refractivity contribution in [3.8, 4) is 5.75 Å². The standard InChI is InChI=1S/C16H12F3N3O2/c1-24-11-8-5-9-22-12(13(16(17,18)19)21-14(11)22)15(23)20-10-6-3-2-4-7-10/h2-9H,1H3,(H,20,23). The highest BCUT2D eigenvalue weighted by atomic mass is 19.4. The number of hydrogen-bond acceptors (Lipinski definition) is 3. The number of carbonyl (C=O) groups is 1. The Labute approximate surface area is 134 Å². The second kappa shape index (κ2) is 5.88. The summed E-state index contributed by atoms with van der Waals surface area (Å²) in [5.41, 5.74) is -1.56. The number of carbonyl (C=O) groups excluding carboxylic acids is 1. The molecule has 0 saturated heterocycles. The van der Waals surface area contributed by atoms with Crippen molar-refractivity contribution in [3.63, 3.8) is 0 Å². The third-order valence-electron chi connectivity index (χ3n) is 3.35. The summed E-state index contributed by atoms with van der Waals surface area (Å²) in [7, 11) is 1.32. The van der Waals surface area contributed by atoms with E-state index in [-0.39, 0.29) is 11.4 Å². The fourth-order valence-corrected chi connectivity index (χ4v) is 2.33. The number of nitrogens with zero attached hydrogens (tertiary/aromatic N) is 2. The molecular formula is C16H12F3N3O2. The quantitative estimate of drug-likeness (QED) is 0.795. The molecule has 24 heavy (non-hydrogen) atoms. The number of anilines is 1. The molecule has 3 aromatic rings. The highest BCUT2D eigenvalue weighted by molar-refractivity contribution is 6.04. The molecule has 2 aromatic heterocycles. The van der Waals surface area contributed by atoms with Crippen LogP contribution in [0.4, 0.5) is 18.9 Å². The lowest BCUT2D eigenvalue weighted by molar-refractivity contribution is -0.141. The van der Waals surface area contributed by atoms with Crippen LogP contribution < -0.4 is 10.1 Å². The summed E-state index contributed by atoms with van der Waals surface area (Å²) < 4.78 is 46.1. The average molecular weight is 335 g/mol. The summed E-state index contributed by atoms with van der Waals surface area (Å²) in [6, 6.07) is 11.2. The third-order valence-corrected chi connectivity index (χ3v) is 3.35. The number of ether oxygens (including phenoxy) is 1. The van der Waals surface area contributed by atoms with E-state index in [1.54, 1.807) is 30.3 Å². The van der Waals surface area contributed by atoms with Gasteiger partial charge in [0.05, 0.1) is 7.11 Å². The molecule has 1 aromatic carbocycles. The average Bonchev–Trinajstić information content (AvgIpc) is 2.95. The molecule has 2 heterocycles. The van der Waals surface area contributed by atoms with Crippen LogP contribution in [0, 0.1) is 0 Å². The van der Waals surface area contributed by atoms with Crippen molar-refractivity contribution in [2.24, 2.45) is 0 Å². The minimum absolute atomic E-state index is 0.0782. The molecule has 0 spiro atoms. The number of alkyl halides is 3. The van der Waals surface area contributed by atoms with Crippen LogP contribution in [0.3, 0.4) is 0 Å². The van der Waals surface area contributed by atoms with Gasteiger partial charge in [0.1, 0.15) is 5.69 Å². The predicted molar refractivity (Wildman–Crippen MR) is 81.1 cm³/mol. The topological polar surface area (TPSA) is 55.6 Å². The summed E-state index contributed by atoms with van der Waals surface area (Å²) in [6.45, 7) is 0. The van der Waals surface area contributed by atoms with Gasteiger partial charge < -0.3 is 10.1 Å². The fourth-order valence-electron chi connectivity index (χ4n) is 2.33. The second-order valence-electron chi connectivity index (χ2n) is 4.90. The van der Waals surface area contributed by atoms with Crippen LogP contribution in [0.1, 0.15) is 16.2 Å². The van der Waals surface area contributed by atoms with Crippen LogP contribution >= 0.6 is 0 Å². The minimum Gasteiger partial charge on any atom is -0.493 e. The van der Waals surface area contributed by atoms with E-state index in [0.29, 0.717) is 5.69 Å².